The summed E-state index contributed by atoms with van der Waals surface area (Å²) in [6, 6.07) is -0.917. The monoisotopic (exact) mass is 262 g/mol. The Kier molecular flexibility index (Phi) is 5.73. The Morgan fingerprint density at radius 1 is 1.47 bits per heavy atom. The first-order valence-corrected chi connectivity index (χ1v) is 6.53. The SMILES string of the molecule is CC(SC[C@H](N)C(=O)O)C(=O)N1CCOCC1. The largest absolute Gasteiger partial charge is 0.480 e. The van der Waals surface area contributed by atoms with Gasteiger partial charge in [0.25, 0.3) is 0 Å². The molecule has 7 heteroatoms. The summed E-state index contributed by atoms with van der Waals surface area (Å²) in [5.41, 5.74) is 5.38. The fourth-order valence-electron chi connectivity index (χ4n) is 1.43. The Balaban J connectivity index is 2.33. The zero-order chi connectivity index (χ0) is 12.8. The maximum Gasteiger partial charge on any atom is 0.321 e. The van der Waals surface area contributed by atoms with Crippen molar-refractivity contribution in [1.29, 1.82) is 0 Å². The number of amides is 1. The highest BCUT2D eigenvalue weighted by molar-refractivity contribution is 8.00. The molecule has 0 aliphatic carbocycles. The van der Waals surface area contributed by atoms with E-state index in [0.29, 0.717) is 26.3 Å². The van der Waals surface area contributed by atoms with Crippen molar-refractivity contribution in [2.75, 3.05) is 32.1 Å². The Hall–Kier alpha value is -0.790. The van der Waals surface area contributed by atoms with Crippen LogP contribution in [-0.2, 0) is 14.3 Å². The third kappa shape index (κ3) is 4.53. The molecule has 1 rings (SSSR count). The molecule has 0 spiro atoms. The van der Waals surface area contributed by atoms with Crippen molar-refractivity contribution in [2.45, 2.75) is 18.2 Å². The minimum Gasteiger partial charge on any atom is -0.480 e. The second kappa shape index (κ2) is 6.83. The van der Waals surface area contributed by atoms with Crippen molar-refractivity contribution in [1.82, 2.24) is 4.90 Å². The van der Waals surface area contributed by atoms with E-state index in [4.69, 9.17) is 15.6 Å². The summed E-state index contributed by atoms with van der Waals surface area (Å²) in [6.45, 7) is 4.12. The summed E-state index contributed by atoms with van der Waals surface area (Å²) in [5.74, 6) is -0.772. The van der Waals surface area contributed by atoms with E-state index in [0.717, 1.165) is 0 Å². The van der Waals surface area contributed by atoms with Crippen molar-refractivity contribution in [2.24, 2.45) is 5.73 Å². The summed E-state index contributed by atoms with van der Waals surface area (Å²) in [6.07, 6.45) is 0. The Morgan fingerprint density at radius 3 is 2.59 bits per heavy atom. The summed E-state index contributed by atoms with van der Waals surface area (Å²) in [5, 5.41) is 8.37. The first-order valence-electron chi connectivity index (χ1n) is 5.49. The highest BCUT2D eigenvalue weighted by atomic mass is 32.2. The van der Waals surface area contributed by atoms with Gasteiger partial charge in [0.05, 0.1) is 18.5 Å². The normalized spacial score (nSPS) is 19.8. The van der Waals surface area contributed by atoms with Gasteiger partial charge in [-0.15, -0.1) is 11.8 Å². The lowest BCUT2D eigenvalue weighted by Crippen LogP contribution is -2.44. The molecule has 1 heterocycles. The fraction of sp³-hybridized carbons (Fsp3) is 0.800. The van der Waals surface area contributed by atoms with Gasteiger partial charge in [-0.2, -0.15) is 0 Å². The molecule has 6 nitrogen and oxygen atoms in total. The fourth-order valence-corrected chi connectivity index (χ4v) is 2.36. The van der Waals surface area contributed by atoms with Crippen LogP contribution in [0.1, 0.15) is 6.92 Å². The van der Waals surface area contributed by atoms with Gasteiger partial charge in [0.2, 0.25) is 5.91 Å². The van der Waals surface area contributed by atoms with Crippen molar-refractivity contribution in [3.8, 4) is 0 Å². The molecule has 0 saturated carbocycles. The standard InChI is InChI=1S/C10H18N2O4S/c1-7(17-6-8(11)10(14)15)9(13)12-2-4-16-5-3-12/h7-8H,2-6,11H2,1H3,(H,14,15)/t7?,8-/m0/s1. The summed E-state index contributed by atoms with van der Waals surface area (Å²) in [4.78, 5) is 24.2. The molecule has 0 aromatic heterocycles. The van der Waals surface area contributed by atoms with E-state index in [-0.39, 0.29) is 16.9 Å². The van der Waals surface area contributed by atoms with Gasteiger partial charge in [0.15, 0.2) is 0 Å². The number of hydrogen-bond donors (Lipinski definition) is 2. The first-order chi connectivity index (χ1) is 8.02. The van der Waals surface area contributed by atoms with Crippen LogP contribution in [0, 0.1) is 0 Å². The second-order valence-electron chi connectivity index (χ2n) is 3.86. The highest BCUT2D eigenvalue weighted by Gasteiger charge is 2.24. The molecule has 3 N–H and O–H groups in total. The summed E-state index contributed by atoms with van der Waals surface area (Å²) < 4.78 is 5.16. The van der Waals surface area contributed by atoms with E-state index in [1.807, 2.05) is 0 Å². The number of nitrogens with zero attached hydrogens (tertiary/aromatic N) is 1. The lowest BCUT2D eigenvalue weighted by molar-refractivity contribution is -0.138. The second-order valence-corrected chi connectivity index (χ2v) is 5.23. The van der Waals surface area contributed by atoms with Gasteiger partial charge in [-0.05, 0) is 6.92 Å². The maximum absolute atomic E-state index is 11.9. The Morgan fingerprint density at radius 2 is 2.06 bits per heavy atom. The predicted octanol–water partition coefficient (Wildman–Crippen LogP) is -0.621. The van der Waals surface area contributed by atoms with Gasteiger partial charge in [-0.3, -0.25) is 9.59 Å². The summed E-state index contributed by atoms with van der Waals surface area (Å²) >= 11 is 1.28. The molecule has 0 radical (unpaired) electrons. The topological polar surface area (TPSA) is 92.9 Å². The van der Waals surface area contributed by atoms with E-state index in [9.17, 15) is 9.59 Å². The highest BCUT2D eigenvalue weighted by Crippen LogP contribution is 2.15. The van der Waals surface area contributed by atoms with Crippen LogP contribution >= 0.6 is 11.8 Å². The van der Waals surface area contributed by atoms with E-state index >= 15 is 0 Å². The number of carboxylic acids is 1. The molecule has 98 valence electrons. The quantitative estimate of drug-likeness (QED) is 0.686. The molecule has 1 unspecified atom stereocenters. The van der Waals surface area contributed by atoms with E-state index < -0.39 is 12.0 Å². The molecule has 1 aliphatic heterocycles. The third-order valence-corrected chi connectivity index (χ3v) is 3.77. The lowest BCUT2D eigenvalue weighted by Gasteiger charge is -2.29. The minimum absolute atomic E-state index is 0.0240. The van der Waals surface area contributed by atoms with Crippen molar-refractivity contribution < 1.29 is 19.4 Å². The third-order valence-electron chi connectivity index (χ3n) is 2.51. The van der Waals surface area contributed by atoms with Crippen LogP contribution in [0.25, 0.3) is 0 Å². The molecule has 1 amide bonds. The number of hydrogen-bond acceptors (Lipinski definition) is 5. The smallest absolute Gasteiger partial charge is 0.321 e. The number of nitrogens with two attached hydrogens (primary N) is 1. The van der Waals surface area contributed by atoms with Crippen molar-refractivity contribution in [3.05, 3.63) is 0 Å². The molecule has 17 heavy (non-hydrogen) atoms. The lowest BCUT2D eigenvalue weighted by atomic mass is 10.3. The van der Waals surface area contributed by atoms with Crippen LogP contribution in [-0.4, -0.2) is 65.2 Å². The van der Waals surface area contributed by atoms with Gasteiger partial charge in [0.1, 0.15) is 6.04 Å². The predicted molar refractivity (Wildman–Crippen MR) is 64.9 cm³/mol. The van der Waals surface area contributed by atoms with Crippen LogP contribution in [0.4, 0.5) is 0 Å². The average molecular weight is 262 g/mol. The van der Waals surface area contributed by atoms with Crippen LogP contribution < -0.4 is 5.73 Å². The average Bonchev–Trinajstić information content (AvgIpc) is 2.35. The molecule has 1 aliphatic rings. The molecule has 0 bridgehead atoms. The molecular weight excluding hydrogens is 244 g/mol. The number of thioether (sulfide) groups is 1. The number of carbonyl (C=O) groups excluding carboxylic acids is 1. The van der Waals surface area contributed by atoms with Crippen molar-refractivity contribution in [3.63, 3.8) is 0 Å². The zero-order valence-electron chi connectivity index (χ0n) is 9.80. The number of aliphatic carboxylic acids is 1. The van der Waals surface area contributed by atoms with Gasteiger partial charge in [-0.1, -0.05) is 0 Å². The number of ether oxygens (including phenoxy) is 1. The van der Waals surface area contributed by atoms with Crippen LogP contribution in [0.15, 0.2) is 0 Å². The van der Waals surface area contributed by atoms with Gasteiger partial charge in [0, 0.05) is 18.8 Å². The Labute approximate surface area is 104 Å². The van der Waals surface area contributed by atoms with E-state index in [1.54, 1.807) is 11.8 Å². The maximum atomic E-state index is 11.9. The Bertz CT molecular complexity index is 281. The molecule has 0 aromatic carbocycles. The zero-order valence-corrected chi connectivity index (χ0v) is 10.6. The van der Waals surface area contributed by atoms with Gasteiger partial charge < -0.3 is 20.5 Å². The molecule has 1 fully saturated rings. The van der Waals surface area contributed by atoms with Crippen LogP contribution in [0.5, 0.6) is 0 Å². The van der Waals surface area contributed by atoms with E-state index in [2.05, 4.69) is 0 Å². The molecule has 2 atom stereocenters. The number of carbonyl (C=O) groups is 2. The molecule has 1 saturated heterocycles. The van der Waals surface area contributed by atoms with Crippen LogP contribution in [0.3, 0.4) is 0 Å². The number of carboxylic acid groups (broad SMARTS) is 1. The first kappa shape index (κ1) is 14.3. The van der Waals surface area contributed by atoms with Gasteiger partial charge >= 0.3 is 5.97 Å². The summed E-state index contributed by atoms with van der Waals surface area (Å²) in [7, 11) is 0. The molecule has 0 aromatic rings. The van der Waals surface area contributed by atoms with Gasteiger partial charge in [-0.25, -0.2) is 0 Å². The number of rotatable bonds is 5. The molecular formula is C10H18N2O4S. The number of morpholine rings is 1. The van der Waals surface area contributed by atoms with Crippen LogP contribution in [0.2, 0.25) is 0 Å². The minimum atomic E-state index is -1.04. The van der Waals surface area contributed by atoms with Crippen molar-refractivity contribution >= 4 is 23.6 Å². The van der Waals surface area contributed by atoms with E-state index in [1.165, 1.54) is 11.8 Å².